The average Bonchev–Trinajstić information content (AvgIpc) is 2.82. The first-order valence-electron chi connectivity index (χ1n) is 7.34. The molecule has 1 aromatic heterocycles. The molecule has 0 saturated carbocycles. The lowest BCUT2D eigenvalue weighted by molar-refractivity contribution is 0.268. The topological polar surface area (TPSA) is 62.3 Å². The first-order valence-corrected chi connectivity index (χ1v) is 7.34. The van der Waals surface area contributed by atoms with Crippen LogP contribution in [0, 0.1) is 0 Å². The molecule has 0 spiro atoms. The smallest absolute Gasteiger partial charge is 0.161 e. The van der Waals surface area contributed by atoms with Gasteiger partial charge < -0.3 is 15.2 Å². The Hall–Kier alpha value is -2.17. The van der Waals surface area contributed by atoms with E-state index in [2.05, 4.69) is 18.9 Å². The Labute approximate surface area is 125 Å². The fourth-order valence-corrected chi connectivity index (χ4v) is 2.04. The maximum Gasteiger partial charge on any atom is 0.161 e. The van der Waals surface area contributed by atoms with Crippen molar-refractivity contribution >= 4 is 5.69 Å². The highest BCUT2D eigenvalue weighted by Crippen LogP contribution is 2.34. The van der Waals surface area contributed by atoms with Gasteiger partial charge in [-0.1, -0.05) is 13.8 Å². The average molecular weight is 289 g/mol. The number of anilines is 1. The minimum absolute atomic E-state index is 0.654. The zero-order valence-electron chi connectivity index (χ0n) is 12.9. The summed E-state index contributed by atoms with van der Waals surface area (Å²) >= 11 is 0. The predicted molar refractivity (Wildman–Crippen MR) is 84.6 cm³/mol. The van der Waals surface area contributed by atoms with Gasteiger partial charge in [-0.05, 0) is 31.0 Å². The van der Waals surface area contributed by atoms with Crippen molar-refractivity contribution in [2.24, 2.45) is 7.05 Å². The molecule has 0 aliphatic rings. The Morgan fingerprint density at radius 2 is 1.76 bits per heavy atom. The minimum Gasteiger partial charge on any atom is -0.490 e. The Morgan fingerprint density at radius 3 is 2.33 bits per heavy atom. The minimum atomic E-state index is 0.654. The largest absolute Gasteiger partial charge is 0.490 e. The van der Waals surface area contributed by atoms with Crippen LogP contribution < -0.4 is 15.2 Å². The molecule has 0 saturated heterocycles. The molecule has 5 nitrogen and oxygen atoms in total. The van der Waals surface area contributed by atoms with E-state index in [1.54, 1.807) is 10.9 Å². The molecule has 2 aromatic rings. The molecule has 114 valence electrons. The molecular weight excluding hydrogens is 266 g/mol. The van der Waals surface area contributed by atoms with Crippen LogP contribution in [-0.4, -0.2) is 23.0 Å². The van der Waals surface area contributed by atoms with Crippen molar-refractivity contribution in [1.82, 2.24) is 9.78 Å². The van der Waals surface area contributed by atoms with E-state index in [1.165, 1.54) is 0 Å². The molecule has 2 N–H and O–H groups in total. The summed E-state index contributed by atoms with van der Waals surface area (Å²) in [5.41, 5.74) is 8.34. The summed E-state index contributed by atoms with van der Waals surface area (Å²) in [5, 5.41) is 4.39. The second-order valence-electron chi connectivity index (χ2n) is 4.97. The van der Waals surface area contributed by atoms with Gasteiger partial charge >= 0.3 is 0 Å². The highest BCUT2D eigenvalue weighted by molar-refractivity contribution is 5.74. The van der Waals surface area contributed by atoms with Crippen LogP contribution in [-0.2, 0) is 7.05 Å². The summed E-state index contributed by atoms with van der Waals surface area (Å²) in [6, 6.07) is 5.83. The highest BCUT2D eigenvalue weighted by Gasteiger charge is 2.12. The van der Waals surface area contributed by atoms with Crippen molar-refractivity contribution in [1.29, 1.82) is 0 Å². The number of ether oxygens (including phenoxy) is 2. The second kappa shape index (κ2) is 7.02. The summed E-state index contributed by atoms with van der Waals surface area (Å²) in [6.07, 6.45) is 3.70. The molecule has 0 aliphatic carbocycles. The summed E-state index contributed by atoms with van der Waals surface area (Å²) in [7, 11) is 1.85. The number of nitrogens with zero attached hydrogens (tertiary/aromatic N) is 2. The zero-order valence-corrected chi connectivity index (χ0v) is 12.9. The number of benzene rings is 1. The highest BCUT2D eigenvalue weighted by atomic mass is 16.5. The lowest BCUT2D eigenvalue weighted by Crippen LogP contribution is -2.01. The van der Waals surface area contributed by atoms with Gasteiger partial charge in [0, 0.05) is 18.8 Å². The Kier molecular flexibility index (Phi) is 5.09. The van der Waals surface area contributed by atoms with Gasteiger partial charge in [0.25, 0.3) is 0 Å². The molecule has 0 fully saturated rings. The summed E-state index contributed by atoms with van der Waals surface area (Å²) < 4.78 is 13.2. The molecule has 1 heterocycles. The quantitative estimate of drug-likeness (QED) is 0.850. The monoisotopic (exact) mass is 289 g/mol. The van der Waals surface area contributed by atoms with E-state index in [9.17, 15) is 0 Å². The summed E-state index contributed by atoms with van der Waals surface area (Å²) in [5.74, 6) is 1.51. The number of rotatable bonds is 7. The van der Waals surface area contributed by atoms with E-state index in [1.807, 2.05) is 25.2 Å². The number of aryl methyl sites for hydroxylation is 1. The van der Waals surface area contributed by atoms with E-state index < -0.39 is 0 Å². The molecule has 0 bridgehead atoms. The Balaban J connectivity index is 2.33. The number of aromatic nitrogens is 2. The van der Waals surface area contributed by atoms with Crippen molar-refractivity contribution in [2.75, 3.05) is 18.9 Å². The summed E-state index contributed by atoms with van der Waals surface area (Å²) in [4.78, 5) is 0. The molecular formula is C16H23N3O2. The molecule has 0 atom stereocenters. The molecule has 0 amide bonds. The summed E-state index contributed by atoms with van der Waals surface area (Å²) in [6.45, 7) is 5.49. The fraction of sp³-hybridized carbons (Fsp3) is 0.438. The van der Waals surface area contributed by atoms with Crippen molar-refractivity contribution in [3.63, 3.8) is 0 Å². The van der Waals surface area contributed by atoms with Crippen LogP contribution in [0.2, 0.25) is 0 Å². The van der Waals surface area contributed by atoms with Gasteiger partial charge in [0.1, 0.15) is 5.69 Å². The van der Waals surface area contributed by atoms with E-state index in [0.29, 0.717) is 18.9 Å². The lowest BCUT2D eigenvalue weighted by atomic mass is 10.1. The molecule has 5 heteroatoms. The SMILES string of the molecule is CCCOc1ccc(-c2nn(C)cc2N)cc1OCCC. The van der Waals surface area contributed by atoms with Crippen LogP contribution >= 0.6 is 0 Å². The first-order chi connectivity index (χ1) is 10.2. The molecule has 0 aliphatic heterocycles. The van der Waals surface area contributed by atoms with E-state index >= 15 is 0 Å². The van der Waals surface area contributed by atoms with Crippen LogP contribution in [0.15, 0.2) is 24.4 Å². The van der Waals surface area contributed by atoms with Crippen LogP contribution in [0.25, 0.3) is 11.3 Å². The molecule has 21 heavy (non-hydrogen) atoms. The van der Waals surface area contributed by atoms with Gasteiger partial charge in [-0.25, -0.2) is 0 Å². The maximum absolute atomic E-state index is 5.99. The van der Waals surface area contributed by atoms with Crippen molar-refractivity contribution in [3.05, 3.63) is 24.4 Å². The van der Waals surface area contributed by atoms with E-state index in [-0.39, 0.29) is 0 Å². The standard InChI is InChI=1S/C16H23N3O2/c1-4-8-20-14-7-6-12(10-15(14)21-9-5-2)16-13(17)11-19(3)18-16/h6-7,10-11H,4-5,8-9,17H2,1-3H3. The van der Waals surface area contributed by atoms with E-state index in [0.717, 1.165) is 35.6 Å². The normalized spacial score (nSPS) is 10.6. The molecule has 0 unspecified atom stereocenters. The third-order valence-corrected chi connectivity index (χ3v) is 3.00. The third kappa shape index (κ3) is 3.68. The van der Waals surface area contributed by atoms with Gasteiger partial charge in [0.05, 0.1) is 18.9 Å². The predicted octanol–water partition coefficient (Wildman–Crippen LogP) is 3.25. The van der Waals surface area contributed by atoms with Gasteiger partial charge in [0.2, 0.25) is 0 Å². The molecule has 2 rings (SSSR count). The van der Waals surface area contributed by atoms with Crippen LogP contribution in [0.4, 0.5) is 5.69 Å². The van der Waals surface area contributed by atoms with Gasteiger partial charge in [-0.15, -0.1) is 0 Å². The fourth-order valence-electron chi connectivity index (χ4n) is 2.04. The van der Waals surface area contributed by atoms with Crippen LogP contribution in [0.1, 0.15) is 26.7 Å². The first kappa shape index (κ1) is 15.2. The van der Waals surface area contributed by atoms with Crippen molar-refractivity contribution in [3.8, 4) is 22.8 Å². The molecule has 0 radical (unpaired) electrons. The Morgan fingerprint density at radius 1 is 1.10 bits per heavy atom. The number of hydrogen-bond acceptors (Lipinski definition) is 4. The number of nitrogens with two attached hydrogens (primary N) is 1. The van der Waals surface area contributed by atoms with Crippen LogP contribution in [0.5, 0.6) is 11.5 Å². The van der Waals surface area contributed by atoms with E-state index in [4.69, 9.17) is 15.2 Å². The maximum atomic E-state index is 5.99. The molecule has 1 aromatic carbocycles. The zero-order chi connectivity index (χ0) is 15.2. The number of hydrogen-bond donors (Lipinski definition) is 1. The number of nitrogen functional groups attached to an aromatic ring is 1. The third-order valence-electron chi connectivity index (χ3n) is 3.00. The van der Waals surface area contributed by atoms with Gasteiger partial charge in [0.15, 0.2) is 11.5 Å². The second-order valence-corrected chi connectivity index (χ2v) is 4.97. The van der Waals surface area contributed by atoms with Crippen molar-refractivity contribution < 1.29 is 9.47 Å². The van der Waals surface area contributed by atoms with Crippen molar-refractivity contribution in [2.45, 2.75) is 26.7 Å². The Bertz CT molecular complexity index is 593. The van der Waals surface area contributed by atoms with Gasteiger partial charge in [-0.2, -0.15) is 5.10 Å². The van der Waals surface area contributed by atoms with Gasteiger partial charge in [-0.3, -0.25) is 4.68 Å². The lowest BCUT2D eigenvalue weighted by Gasteiger charge is -2.13. The van der Waals surface area contributed by atoms with Crippen LogP contribution in [0.3, 0.4) is 0 Å².